The number of alkyl halides is 6. The SMILES string of the molecule is O=C(c1nc2ccccc2n1Cc1ccccn1)C1CCN(CCC2(c3ccc(Cl)c(Cl)c3)CCN(C(=O)c3cc(C(F)(F)F)cc(C(F)(F)F)c3)C2)CC1. The van der Waals surface area contributed by atoms with Crippen molar-refractivity contribution in [2.24, 2.45) is 5.92 Å². The molecular formula is C40H35Cl2F6N5O2. The molecule has 0 N–H and O–H groups in total. The Hall–Kier alpha value is -4.46. The van der Waals surface area contributed by atoms with Crippen molar-refractivity contribution in [2.45, 2.75) is 50.0 Å². The predicted octanol–water partition coefficient (Wildman–Crippen LogP) is 9.59. The Bertz CT molecular complexity index is 2190. The fraction of sp³-hybridized carbons (Fsp3) is 0.350. The number of hydrogen-bond donors (Lipinski definition) is 0. The van der Waals surface area contributed by atoms with Crippen LogP contribution in [0.15, 0.2) is 85.1 Å². The van der Waals surface area contributed by atoms with Crippen LogP contribution < -0.4 is 0 Å². The summed E-state index contributed by atoms with van der Waals surface area (Å²) in [5.74, 6) is -0.824. The molecule has 4 heterocycles. The number of aromatic nitrogens is 3. The van der Waals surface area contributed by atoms with E-state index in [2.05, 4.69) is 9.88 Å². The topological polar surface area (TPSA) is 71.3 Å². The van der Waals surface area contributed by atoms with Gasteiger partial charge in [0.2, 0.25) is 5.78 Å². The number of benzene rings is 3. The van der Waals surface area contributed by atoms with E-state index in [1.54, 1.807) is 24.4 Å². The maximum atomic E-state index is 14.0. The van der Waals surface area contributed by atoms with Gasteiger partial charge in [-0.3, -0.25) is 14.6 Å². The van der Waals surface area contributed by atoms with Crippen molar-refractivity contribution in [3.05, 3.63) is 129 Å². The van der Waals surface area contributed by atoms with Crippen LogP contribution in [0.25, 0.3) is 11.0 Å². The summed E-state index contributed by atoms with van der Waals surface area (Å²) in [6, 6.07) is 19.3. The van der Waals surface area contributed by atoms with Crippen LogP contribution in [0.3, 0.4) is 0 Å². The normalized spacial score (nSPS) is 18.7. The monoisotopic (exact) mass is 801 g/mol. The first-order valence-electron chi connectivity index (χ1n) is 17.8. The van der Waals surface area contributed by atoms with E-state index in [9.17, 15) is 35.9 Å². The number of carbonyl (C=O) groups is 2. The molecule has 5 aromatic rings. The molecule has 7 rings (SSSR count). The zero-order valence-corrected chi connectivity index (χ0v) is 30.8. The number of nitrogens with zero attached hydrogens (tertiary/aromatic N) is 5. The standard InChI is InChI=1S/C40H35Cl2F6N5O2/c41-31-9-8-27(22-32(31)42)38(13-18-52(24-38)37(55)26-19-28(39(43,44)45)21-29(20-26)40(46,47)48)12-17-51-15-10-25(11-16-51)35(54)36-50-33-6-1-2-7-34(33)53(36)23-30-5-3-4-14-49-30/h1-9,14,19-22,25H,10-13,15-18,23-24H2. The summed E-state index contributed by atoms with van der Waals surface area (Å²) < 4.78 is 83.6. The van der Waals surface area contributed by atoms with Gasteiger partial charge in [-0.25, -0.2) is 4.98 Å². The Balaban J connectivity index is 1.07. The van der Waals surface area contributed by atoms with Gasteiger partial charge in [0.25, 0.3) is 5.91 Å². The average Bonchev–Trinajstić information content (AvgIpc) is 3.77. The molecule has 0 aliphatic carbocycles. The van der Waals surface area contributed by atoms with Crippen molar-refractivity contribution < 1.29 is 35.9 Å². The number of hydrogen-bond acceptors (Lipinski definition) is 5. The molecule has 1 amide bonds. The van der Waals surface area contributed by atoms with E-state index in [1.807, 2.05) is 47.0 Å². The lowest BCUT2D eigenvalue weighted by Gasteiger charge is -2.36. The van der Waals surface area contributed by atoms with E-state index in [1.165, 1.54) is 4.90 Å². The maximum absolute atomic E-state index is 14.0. The summed E-state index contributed by atoms with van der Waals surface area (Å²) in [4.78, 5) is 40.4. The summed E-state index contributed by atoms with van der Waals surface area (Å²) in [5, 5.41) is 0.597. The van der Waals surface area contributed by atoms with E-state index in [0.29, 0.717) is 74.8 Å². The van der Waals surface area contributed by atoms with Gasteiger partial charge in [-0.1, -0.05) is 47.5 Å². The molecule has 2 aromatic heterocycles. The third kappa shape index (κ3) is 8.24. The quantitative estimate of drug-likeness (QED) is 0.110. The second kappa shape index (κ2) is 15.2. The fourth-order valence-corrected chi connectivity index (χ4v) is 8.07. The minimum Gasteiger partial charge on any atom is -0.338 e. The Morgan fingerprint density at radius 2 is 1.51 bits per heavy atom. The number of halogens is 8. The van der Waals surface area contributed by atoms with Crippen LogP contribution in [-0.4, -0.2) is 68.7 Å². The van der Waals surface area contributed by atoms with Crippen molar-refractivity contribution in [3.8, 4) is 0 Å². The third-order valence-corrected chi connectivity index (χ3v) is 11.5. The maximum Gasteiger partial charge on any atom is 0.416 e. The van der Waals surface area contributed by atoms with Crippen molar-refractivity contribution in [3.63, 3.8) is 0 Å². The largest absolute Gasteiger partial charge is 0.416 e. The van der Waals surface area contributed by atoms with E-state index >= 15 is 0 Å². The molecule has 7 nitrogen and oxygen atoms in total. The van der Waals surface area contributed by atoms with E-state index in [4.69, 9.17) is 28.2 Å². The zero-order valence-electron chi connectivity index (χ0n) is 29.3. The van der Waals surface area contributed by atoms with Gasteiger partial charge in [-0.05, 0) is 105 Å². The smallest absolute Gasteiger partial charge is 0.338 e. The molecule has 0 saturated carbocycles. The minimum absolute atomic E-state index is 0.00984. The number of imidazole rings is 1. The van der Waals surface area contributed by atoms with Crippen molar-refractivity contribution in [1.29, 1.82) is 0 Å². The Kier molecular flexibility index (Phi) is 10.7. The molecular weight excluding hydrogens is 767 g/mol. The Morgan fingerprint density at radius 1 is 0.818 bits per heavy atom. The molecule has 55 heavy (non-hydrogen) atoms. The van der Waals surface area contributed by atoms with Crippen LogP contribution in [-0.2, 0) is 24.3 Å². The molecule has 2 saturated heterocycles. The number of likely N-dealkylation sites (tertiary alicyclic amines) is 2. The lowest BCUT2D eigenvalue weighted by molar-refractivity contribution is -0.143. The summed E-state index contributed by atoms with van der Waals surface area (Å²) in [6.07, 6.45) is -6.38. The second-order valence-electron chi connectivity index (χ2n) is 14.2. The van der Waals surface area contributed by atoms with E-state index in [-0.39, 0.29) is 35.9 Å². The number of piperidine rings is 1. The minimum atomic E-state index is -5.09. The molecule has 2 aliphatic rings. The number of ketones is 1. The summed E-state index contributed by atoms with van der Waals surface area (Å²) in [7, 11) is 0. The van der Waals surface area contributed by atoms with Crippen LogP contribution in [0.4, 0.5) is 26.3 Å². The Morgan fingerprint density at radius 3 is 2.16 bits per heavy atom. The van der Waals surface area contributed by atoms with Gasteiger partial charge < -0.3 is 14.4 Å². The summed E-state index contributed by atoms with van der Waals surface area (Å²) in [5.41, 5.74) is -1.37. The number of rotatable bonds is 9. The number of fused-ring (bicyclic) bond motifs is 1. The molecule has 3 aromatic carbocycles. The first-order valence-corrected chi connectivity index (χ1v) is 18.5. The lowest BCUT2D eigenvalue weighted by Crippen LogP contribution is -2.41. The van der Waals surface area contributed by atoms with Gasteiger partial charge in [0.1, 0.15) is 0 Å². The third-order valence-electron chi connectivity index (χ3n) is 10.8. The molecule has 2 fully saturated rings. The van der Waals surface area contributed by atoms with Crippen molar-refractivity contribution >= 4 is 45.9 Å². The van der Waals surface area contributed by atoms with Crippen LogP contribution in [0, 0.1) is 5.92 Å². The van der Waals surface area contributed by atoms with Crippen LogP contribution in [0.5, 0.6) is 0 Å². The van der Waals surface area contributed by atoms with E-state index < -0.39 is 40.4 Å². The Labute approximate surface area is 322 Å². The molecule has 1 unspecified atom stereocenters. The predicted molar refractivity (Wildman–Crippen MR) is 196 cm³/mol. The van der Waals surface area contributed by atoms with Gasteiger partial charge in [0, 0.05) is 36.2 Å². The second-order valence-corrected chi connectivity index (χ2v) is 15.1. The summed E-state index contributed by atoms with van der Waals surface area (Å²) >= 11 is 12.6. The number of amides is 1. The van der Waals surface area contributed by atoms with Gasteiger partial charge >= 0.3 is 12.4 Å². The average molecular weight is 803 g/mol. The molecule has 288 valence electrons. The molecule has 2 aliphatic heterocycles. The number of para-hydroxylation sites is 2. The number of carbonyl (C=O) groups excluding carboxylic acids is 2. The first kappa shape index (κ1) is 38.8. The van der Waals surface area contributed by atoms with Gasteiger partial charge in [0.15, 0.2) is 5.82 Å². The van der Waals surface area contributed by atoms with Crippen molar-refractivity contribution in [1.82, 2.24) is 24.3 Å². The molecule has 0 bridgehead atoms. The van der Waals surface area contributed by atoms with Gasteiger partial charge in [0.05, 0.1) is 44.4 Å². The highest BCUT2D eigenvalue weighted by atomic mass is 35.5. The van der Waals surface area contributed by atoms with Gasteiger partial charge in [-0.2, -0.15) is 26.3 Å². The van der Waals surface area contributed by atoms with E-state index in [0.717, 1.165) is 22.3 Å². The van der Waals surface area contributed by atoms with Crippen molar-refractivity contribution in [2.75, 3.05) is 32.7 Å². The van der Waals surface area contributed by atoms with Crippen LogP contribution >= 0.6 is 23.2 Å². The first-order chi connectivity index (χ1) is 26.1. The molecule has 0 spiro atoms. The highest BCUT2D eigenvalue weighted by Gasteiger charge is 2.44. The molecule has 15 heteroatoms. The van der Waals surface area contributed by atoms with Gasteiger partial charge in [-0.15, -0.1) is 0 Å². The highest BCUT2D eigenvalue weighted by Crippen LogP contribution is 2.42. The van der Waals surface area contributed by atoms with Crippen LogP contribution in [0.1, 0.15) is 69.0 Å². The summed E-state index contributed by atoms with van der Waals surface area (Å²) in [6.45, 7) is 2.33. The molecule has 0 radical (unpaired) electrons. The number of Topliss-reactive ketones (excluding diaryl/α,β-unsaturated/α-hetero) is 1. The lowest BCUT2D eigenvalue weighted by atomic mass is 9.76. The fourth-order valence-electron chi connectivity index (χ4n) is 7.77. The zero-order chi connectivity index (χ0) is 39.1. The number of pyridine rings is 1. The van der Waals surface area contributed by atoms with Crippen LogP contribution in [0.2, 0.25) is 10.0 Å². The molecule has 1 atom stereocenters. The highest BCUT2D eigenvalue weighted by molar-refractivity contribution is 6.42.